The lowest BCUT2D eigenvalue weighted by Gasteiger charge is -2.04. The van der Waals surface area contributed by atoms with Crippen LogP contribution in [0.5, 0.6) is 0 Å². The van der Waals surface area contributed by atoms with Crippen molar-refractivity contribution < 1.29 is 4.79 Å². The van der Waals surface area contributed by atoms with E-state index in [2.05, 4.69) is 13.8 Å². The molecule has 0 fully saturated rings. The maximum Gasteiger partial charge on any atom is 0.231 e. The van der Waals surface area contributed by atoms with Crippen LogP contribution in [-0.2, 0) is 4.79 Å². The fraction of sp³-hybridized carbons (Fsp3) is 0.958. The van der Waals surface area contributed by atoms with Crippen molar-refractivity contribution in [3.05, 3.63) is 0 Å². The Bertz CT molecular complexity index is 239. The van der Waals surface area contributed by atoms with E-state index in [0.717, 1.165) is 6.08 Å². The van der Waals surface area contributed by atoms with Gasteiger partial charge in [0.2, 0.25) is 6.08 Å². The largest absolute Gasteiger partial charge is 0.231 e. The highest BCUT2D eigenvalue weighted by atomic mass is 16.1. The number of hydrogen-bond donors (Lipinski definition) is 1. The second kappa shape index (κ2) is 29.2. The molecule has 0 rings (SSSR count). The smallest absolute Gasteiger partial charge is 0.222 e. The summed E-state index contributed by atoms with van der Waals surface area (Å²) in [6.07, 6.45) is 31.6. The Hall–Kier alpha value is -0.620. The predicted octanol–water partition coefficient (Wildman–Crippen LogP) is 9.12. The second-order valence-corrected chi connectivity index (χ2v) is 7.82. The summed E-state index contributed by atoms with van der Waals surface area (Å²) in [7, 11) is 0. The van der Waals surface area contributed by atoms with Crippen LogP contribution in [0.4, 0.5) is 0 Å². The first-order valence-electron chi connectivity index (χ1n) is 11.9. The molecule has 0 aromatic carbocycles. The van der Waals surface area contributed by atoms with Gasteiger partial charge in [-0.2, -0.15) is 0 Å². The number of isocyanates is 1. The van der Waals surface area contributed by atoms with Gasteiger partial charge in [-0.1, -0.05) is 149 Å². The van der Waals surface area contributed by atoms with Crippen LogP contribution in [-0.4, -0.2) is 6.08 Å². The first kappa shape index (κ1) is 27.6. The van der Waals surface area contributed by atoms with E-state index in [9.17, 15) is 0 Å². The van der Waals surface area contributed by atoms with Crippen molar-refractivity contribution in [2.24, 2.45) is 0 Å². The summed E-state index contributed by atoms with van der Waals surface area (Å²) < 4.78 is 0. The van der Waals surface area contributed by atoms with E-state index >= 15 is 0 Å². The topological polar surface area (TPSA) is 40.9 Å². The van der Waals surface area contributed by atoms with Gasteiger partial charge in [0.1, 0.15) is 0 Å². The third-order valence-corrected chi connectivity index (χ3v) is 5.21. The molecule has 1 N–H and O–H groups in total. The minimum Gasteiger partial charge on any atom is -0.222 e. The molecule has 0 unspecified atom stereocenters. The van der Waals surface area contributed by atoms with Crippen LogP contribution in [0.25, 0.3) is 0 Å². The van der Waals surface area contributed by atoms with E-state index in [-0.39, 0.29) is 0 Å². The molecule has 0 aliphatic carbocycles. The van der Waals surface area contributed by atoms with Gasteiger partial charge in [0.15, 0.2) is 0 Å². The number of rotatable bonds is 20. The SMILES string of the molecule is CCCCCCCCCCCCCCCCCCCCCCC.N=C=O. The molecule has 2 heteroatoms. The Labute approximate surface area is 165 Å². The molecule has 0 aromatic rings. The van der Waals surface area contributed by atoms with Crippen molar-refractivity contribution in [1.29, 1.82) is 5.41 Å². The van der Waals surface area contributed by atoms with Gasteiger partial charge >= 0.3 is 0 Å². The molecule has 0 spiro atoms. The quantitative estimate of drug-likeness (QED) is 0.130. The molecule has 0 atom stereocenters. The highest BCUT2D eigenvalue weighted by molar-refractivity contribution is 5.26. The van der Waals surface area contributed by atoms with E-state index in [4.69, 9.17) is 10.2 Å². The molecule has 0 heterocycles. The number of unbranched alkanes of at least 4 members (excludes halogenated alkanes) is 20. The Kier molecular flexibility index (Phi) is 30.9. The molecule has 26 heavy (non-hydrogen) atoms. The summed E-state index contributed by atoms with van der Waals surface area (Å²) in [6, 6.07) is 0. The van der Waals surface area contributed by atoms with Gasteiger partial charge < -0.3 is 0 Å². The molecule has 0 radical (unpaired) electrons. The average Bonchev–Trinajstić information content (AvgIpc) is 2.64. The van der Waals surface area contributed by atoms with Crippen LogP contribution in [0.15, 0.2) is 0 Å². The molecule has 156 valence electrons. The predicted molar refractivity (Wildman–Crippen MR) is 117 cm³/mol. The van der Waals surface area contributed by atoms with Crippen molar-refractivity contribution in [2.45, 2.75) is 149 Å². The number of hydrogen-bond acceptors (Lipinski definition) is 2. The first-order valence-corrected chi connectivity index (χ1v) is 11.9. The third-order valence-electron chi connectivity index (χ3n) is 5.21. The van der Waals surface area contributed by atoms with E-state index < -0.39 is 0 Å². The monoisotopic (exact) mass is 367 g/mol. The Morgan fingerprint density at radius 2 is 0.538 bits per heavy atom. The van der Waals surface area contributed by atoms with Crippen LogP contribution in [0, 0.1) is 5.41 Å². The van der Waals surface area contributed by atoms with Crippen LogP contribution < -0.4 is 0 Å². The number of nitrogens with one attached hydrogen (secondary N) is 1. The fourth-order valence-electron chi connectivity index (χ4n) is 3.51. The Morgan fingerprint density at radius 1 is 0.423 bits per heavy atom. The average molecular weight is 368 g/mol. The van der Waals surface area contributed by atoms with Gasteiger partial charge in [0.25, 0.3) is 0 Å². The summed E-state index contributed by atoms with van der Waals surface area (Å²) in [5, 5.41) is 5.40. The van der Waals surface area contributed by atoms with Crippen molar-refractivity contribution >= 4 is 6.08 Å². The normalized spacial score (nSPS) is 10.2. The maximum absolute atomic E-state index is 8.35. The summed E-state index contributed by atoms with van der Waals surface area (Å²) in [5.74, 6) is 0. The minimum atomic E-state index is 0.750. The second-order valence-electron chi connectivity index (χ2n) is 7.82. The van der Waals surface area contributed by atoms with E-state index in [1.807, 2.05) is 0 Å². The van der Waals surface area contributed by atoms with Crippen molar-refractivity contribution in [3.63, 3.8) is 0 Å². The van der Waals surface area contributed by atoms with Crippen LogP contribution in [0.3, 0.4) is 0 Å². The van der Waals surface area contributed by atoms with Crippen LogP contribution in [0.2, 0.25) is 0 Å². The highest BCUT2D eigenvalue weighted by Crippen LogP contribution is 2.14. The Morgan fingerprint density at radius 3 is 0.654 bits per heavy atom. The lowest BCUT2D eigenvalue weighted by molar-refractivity contribution is 0.521. The van der Waals surface area contributed by atoms with Crippen LogP contribution >= 0.6 is 0 Å². The van der Waals surface area contributed by atoms with E-state index in [0.29, 0.717) is 0 Å². The van der Waals surface area contributed by atoms with Crippen molar-refractivity contribution in [3.8, 4) is 0 Å². The number of carbonyl (C=O) groups excluding carboxylic acids is 1. The molecule has 0 saturated carbocycles. The summed E-state index contributed by atoms with van der Waals surface area (Å²) in [5.41, 5.74) is 0. The molecule has 2 nitrogen and oxygen atoms in total. The molecule has 0 amide bonds. The molecule has 0 aromatic heterocycles. The van der Waals surface area contributed by atoms with Gasteiger partial charge in [0.05, 0.1) is 0 Å². The van der Waals surface area contributed by atoms with Gasteiger partial charge in [0, 0.05) is 0 Å². The maximum atomic E-state index is 8.35. The van der Waals surface area contributed by atoms with Gasteiger partial charge in [-0.05, 0) is 0 Å². The van der Waals surface area contributed by atoms with Crippen LogP contribution in [0.1, 0.15) is 149 Å². The van der Waals surface area contributed by atoms with Gasteiger partial charge in [-0.3, -0.25) is 0 Å². The zero-order chi connectivity index (χ0) is 19.6. The molecule has 0 aliphatic heterocycles. The van der Waals surface area contributed by atoms with Crippen molar-refractivity contribution in [1.82, 2.24) is 0 Å². The summed E-state index contributed by atoms with van der Waals surface area (Å²) in [4.78, 5) is 8.35. The lowest BCUT2D eigenvalue weighted by atomic mass is 10.0. The fourth-order valence-corrected chi connectivity index (χ4v) is 3.51. The summed E-state index contributed by atoms with van der Waals surface area (Å²) in [6.45, 7) is 4.60. The molecule has 0 bridgehead atoms. The van der Waals surface area contributed by atoms with Crippen molar-refractivity contribution in [2.75, 3.05) is 0 Å². The molecular weight excluding hydrogens is 318 g/mol. The first-order chi connectivity index (χ1) is 12.8. The zero-order valence-electron chi connectivity index (χ0n) is 18.3. The molecule has 0 saturated heterocycles. The Balaban J connectivity index is 0. The van der Waals surface area contributed by atoms with Gasteiger partial charge in [-0.25, -0.2) is 10.2 Å². The summed E-state index contributed by atoms with van der Waals surface area (Å²) >= 11 is 0. The highest BCUT2D eigenvalue weighted by Gasteiger charge is 1.95. The lowest BCUT2D eigenvalue weighted by Crippen LogP contribution is -1.84. The third kappa shape index (κ3) is 31.2. The zero-order valence-corrected chi connectivity index (χ0v) is 18.3. The molecule has 0 aliphatic rings. The van der Waals surface area contributed by atoms with E-state index in [1.165, 1.54) is 135 Å². The van der Waals surface area contributed by atoms with Gasteiger partial charge in [-0.15, -0.1) is 0 Å². The standard InChI is InChI=1S/C23H48.CHNO/c1-3-5-7-9-11-13-15-17-19-21-23-22-20-18-16-14-12-10-8-6-4-2;2-1-3/h3-23H2,1-2H3;2H. The van der Waals surface area contributed by atoms with E-state index in [1.54, 1.807) is 0 Å². The molecular formula is C24H49NO. The minimum absolute atomic E-state index is 0.750.